The van der Waals surface area contributed by atoms with Crippen LogP contribution in [-0.2, 0) is 23.8 Å². The highest BCUT2D eigenvalue weighted by Gasteiger charge is 2.47. The first-order chi connectivity index (χ1) is 16.2. The number of para-hydroxylation sites is 1. The lowest BCUT2D eigenvalue weighted by Gasteiger charge is -2.42. The standard InChI is InChI=1S/C26H27NO7/c1-14-15(2)23(33-16(3)28)22(13-20(14)25(30)32-4)34-26(31)27-21-12-8-7-10-18(21)17-9-5-6-11-19(17)24(27)29/h5-12,14-15,20,22-23H,13H2,1-4H3/t14-,15-,20?,22+,23?/m0/s1. The first kappa shape index (κ1) is 23.5. The summed E-state index contributed by atoms with van der Waals surface area (Å²) >= 11 is 0. The Bertz CT molecular complexity index is 1330. The van der Waals surface area contributed by atoms with E-state index < -0.39 is 41.7 Å². The number of hydrogen-bond donors (Lipinski definition) is 0. The van der Waals surface area contributed by atoms with Gasteiger partial charge in [-0.1, -0.05) is 50.2 Å². The molecule has 1 aliphatic carbocycles. The maximum atomic E-state index is 13.4. The third kappa shape index (κ3) is 4.04. The number of fused-ring (bicyclic) bond motifs is 3. The number of methoxy groups -OCH3 is 1. The minimum Gasteiger partial charge on any atom is -0.469 e. The first-order valence-electron chi connectivity index (χ1n) is 11.2. The minimum atomic E-state index is -0.927. The monoisotopic (exact) mass is 465 g/mol. The van der Waals surface area contributed by atoms with E-state index in [0.29, 0.717) is 10.9 Å². The van der Waals surface area contributed by atoms with Gasteiger partial charge in [0.05, 0.1) is 18.5 Å². The Labute approximate surface area is 196 Å². The van der Waals surface area contributed by atoms with Crippen LogP contribution >= 0.6 is 0 Å². The summed E-state index contributed by atoms with van der Waals surface area (Å²) in [5.41, 5.74) is -0.105. The van der Waals surface area contributed by atoms with Crippen molar-refractivity contribution in [2.24, 2.45) is 17.8 Å². The summed E-state index contributed by atoms with van der Waals surface area (Å²) in [6.45, 7) is 5.00. The van der Waals surface area contributed by atoms with E-state index in [1.165, 1.54) is 14.0 Å². The summed E-state index contributed by atoms with van der Waals surface area (Å²) in [7, 11) is 1.31. The molecule has 0 amide bonds. The van der Waals surface area contributed by atoms with Crippen molar-refractivity contribution in [3.8, 4) is 0 Å². The molecule has 0 saturated heterocycles. The van der Waals surface area contributed by atoms with Crippen molar-refractivity contribution in [2.45, 2.75) is 39.4 Å². The molecule has 8 nitrogen and oxygen atoms in total. The Morgan fingerprint density at radius 3 is 2.15 bits per heavy atom. The van der Waals surface area contributed by atoms with Gasteiger partial charge in [-0.2, -0.15) is 0 Å². The van der Waals surface area contributed by atoms with Gasteiger partial charge in [0.15, 0.2) is 0 Å². The van der Waals surface area contributed by atoms with E-state index in [1.54, 1.807) is 24.3 Å². The van der Waals surface area contributed by atoms with Crippen LogP contribution in [0.25, 0.3) is 21.7 Å². The third-order valence-electron chi connectivity index (χ3n) is 6.87. The lowest BCUT2D eigenvalue weighted by atomic mass is 9.70. The Morgan fingerprint density at radius 1 is 0.882 bits per heavy atom. The second-order valence-corrected chi connectivity index (χ2v) is 8.78. The van der Waals surface area contributed by atoms with Gasteiger partial charge in [-0.25, -0.2) is 9.36 Å². The molecular weight excluding hydrogens is 438 g/mol. The Balaban J connectivity index is 1.78. The van der Waals surface area contributed by atoms with E-state index in [-0.39, 0.29) is 18.3 Å². The minimum absolute atomic E-state index is 0.113. The summed E-state index contributed by atoms with van der Waals surface area (Å²) in [6, 6.07) is 14.1. The van der Waals surface area contributed by atoms with Crippen molar-refractivity contribution in [2.75, 3.05) is 7.11 Å². The van der Waals surface area contributed by atoms with Crippen LogP contribution < -0.4 is 5.56 Å². The molecule has 1 saturated carbocycles. The van der Waals surface area contributed by atoms with E-state index in [0.717, 1.165) is 15.3 Å². The normalized spacial score (nSPS) is 24.5. The van der Waals surface area contributed by atoms with Crippen molar-refractivity contribution in [3.63, 3.8) is 0 Å². The molecular formula is C26H27NO7. The molecule has 2 aromatic carbocycles. The average molecular weight is 466 g/mol. The van der Waals surface area contributed by atoms with Gasteiger partial charge in [-0.15, -0.1) is 0 Å². The van der Waals surface area contributed by atoms with Crippen molar-refractivity contribution >= 4 is 39.7 Å². The van der Waals surface area contributed by atoms with Crippen molar-refractivity contribution in [1.29, 1.82) is 0 Å². The highest BCUT2D eigenvalue weighted by molar-refractivity contribution is 6.07. The molecule has 178 valence electrons. The topological polar surface area (TPSA) is 101 Å². The number of esters is 2. The molecule has 1 aromatic heterocycles. The summed E-state index contributed by atoms with van der Waals surface area (Å²) in [6.07, 6.45) is -2.47. The highest BCUT2D eigenvalue weighted by atomic mass is 16.6. The van der Waals surface area contributed by atoms with Crippen LogP contribution in [0, 0.1) is 17.8 Å². The van der Waals surface area contributed by atoms with E-state index in [4.69, 9.17) is 14.2 Å². The summed E-state index contributed by atoms with van der Waals surface area (Å²) in [4.78, 5) is 51.0. The molecule has 34 heavy (non-hydrogen) atoms. The van der Waals surface area contributed by atoms with Crippen LogP contribution in [0.15, 0.2) is 53.3 Å². The van der Waals surface area contributed by atoms with Crippen LogP contribution in [0.2, 0.25) is 0 Å². The third-order valence-corrected chi connectivity index (χ3v) is 6.87. The average Bonchev–Trinajstić information content (AvgIpc) is 2.83. The van der Waals surface area contributed by atoms with E-state index in [2.05, 4.69) is 0 Å². The Hall–Kier alpha value is -3.68. The number of hydrogen-bond acceptors (Lipinski definition) is 7. The van der Waals surface area contributed by atoms with Gasteiger partial charge < -0.3 is 14.2 Å². The maximum absolute atomic E-state index is 13.4. The van der Waals surface area contributed by atoms with E-state index >= 15 is 0 Å². The van der Waals surface area contributed by atoms with Gasteiger partial charge in [0.1, 0.15) is 12.2 Å². The van der Waals surface area contributed by atoms with E-state index in [9.17, 15) is 19.2 Å². The number of pyridine rings is 1. The lowest BCUT2D eigenvalue weighted by molar-refractivity contribution is -0.172. The van der Waals surface area contributed by atoms with Crippen molar-refractivity contribution < 1.29 is 28.6 Å². The van der Waals surface area contributed by atoms with Crippen LogP contribution in [-0.4, -0.2) is 41.9 Å². The number of carbonyl (C=O) groups excluding carboxylic acids is 3. The van der Waals surface area contributed by atoms with Crippen LogP contribution in [0.5, 0.6) is 0 Å². The Morgan fingerprint density at radius 2 is 1.50 bits per heavy atom. The fourth-order valence-corrected chi connectivity index (χ4v) is 4.95. The van der Waals surface area contributed by atoms with Gasteiger partial charge in [0, 0.05) is 30.0 Å². The van der Waals surface area contributed by atoms with Gasteiger partial charge in [-0.05, 0) is 23.4 Å². The Kier molecular flexibility index (Phi) is 6.41. The van der Waals surface area contributed by atoms with Gasteiger partial charge >= 0.3 is 18.0 Å². The largest absolute Gasteiger partial charge is 0.469 e. The number of aromatic nitrogens is 1. The van der Waals surface area contributed by atoms with Gasteiger partial charge in [-0.3, -0.25) is 14.4 Å². The summed E-state index contributed by atoms with van der Waals surface area (Å²) < 4.78 is 17.3. The highest BCUT2D eigenvalue weighted by Crippen LogP contribution is 2.39. The summed E-state index contributed by atoms with van der Waals surface area (Å²) in [5, 5.41) is 1.84. The van der Waals surface area contributed by atoms with Gasteiger partial charge in [0.25, 0.3) is 5.56 Å². The molecule has 1 fully saturated rings. The second kappa shape index (κ2) is 9.29. The van der Waals surface area contributed by atoms with Crippen LogP contribution in [0.3, 0.4) is 0 Å². The second-order valence-electron chi connectivity index (χ2n) is 8.78. The first-order valence-corrected chi connectivity index (χ1v) is 11.2. The number of carbonyl (C=O) groups is 3. The quantitative estimate of drug-likeness (QED) is 0.328. The molecule has 0 N–H and O–H groups in total. The fourth-order valence-electron chi connectivity index (χ4n) is 4.95. The summed E-state index contributed by atoms with van der Waals surface area (Å²) in [5.74, 6) is -1.94. The molecule has 8 heteroatoms. The molecule has 5 atom stereocenters. The molecule has 0 aliphatic heterocycles. The number of benzene rings is 2. The molecule has 0 bridgehead atoms. The fraction of sp³-hybridized carbons (Fsp3) is 0.385. The lowest BCUT2D eigenvalue weighted by Crippen LogP contribution is -2.51. The zero-order chi connectivity index (χ0) is 24.6. The maximum Gasteiger partial charge on any atom is 0.421 e. The number of ether oxygens (including phenoxy) is 3. The molecule has 0 radical (unpaired) electrons. The smallest absolute Gasteiger partial charge is 0.421 e. The molecule has 2 unspecified atom stereocenters. The molecule has 0 spiro atoms. The van der Waals surface area contributed by atoms with Crippen LogP contribution in [0.1, 0.15) is 27.2 Å². The van der Waals surface area contributed by atoms with E-state index in [1.807, 2.05) is 38.1 Å². The molecule has 3 aromatic rings. The molecule has 1 heterocycles. The SMILES string of the molecule is COC(=O)C1C[C@@H](OC(=O)n2c(=O)c3ccccc3c3ccccc32)C(OC(C)=O)[C@@H](C)[C@@H]1C. The number of rotatable bonds is 3. The molecule has 1 aliphatic rings. The zero-order valence-electron chi connectivity index (χ0n) is 19.5. The van der Waals surface area contributed by atoms with Crippen molar-refractivity contribution in [1.82, 2.24) is 4.57 Å². The predicted octanol–water partition coefficient (Wildman–Crippen LogP) is 3.90. The zero-order valence-corrected chi connectivity index (χ0v) is 19.5. The molecule has 4 rings (SSSR count). The van der Waals surface area contributed by atoms with Gasteiger partial charge in [0.2, 0.25) is 0 Å². The predicted molar refractivity (Wildman–Crippen MR) is 125 cm³/mol. The van der Waals surface area contributed by atoms with Crippen molar-refractivity contribution in [3.05, 3.63) is 58.9 Å². The number of nitrogens with zero attached hydrogens (tertiary/aromatic N) is 1. The van der Waals surface area contributed by atoms with Crippen LogP contribution in [0.4, 0.5) is 4.79 Å².